The van der Waals surface area contributed by atoms with Crippen LogP contribution in [0, 0.1) is 5.41 Å². The third-order valence-electron chi connectivity index (χ3n) is 6.09. The molecule has 3 nitrogen and oxygen atoms in total. The standard InChI is InChI=1S/C21H28F4N2O/c22-18-5-11-27(15-18)12-8-20(6-9-26-10-7-20)14-19(28)13-16-1-3-17(4-2-16)21(23,24)25/h1-4,18,26H,5-15H2/t18-/m0/s1. The van der Waals surface area contributed by atoms with Gasteiger partial charge in [-0.25, -0.2) is 4.39 Å². The van der Waals surface area contributed by atoms with Gasteiger partial charge in [0.2, 0.25) is 0 Å². The van der Waals surface area contributed by atoms with Gasteiger partial charge in [0.1, 0.15) is 12.0 Å². The van der Waals surface area contributed by atoms with Gasteiger partial charge in [0.05, 0.1) is 5.56 Å². The summed E-state index contributed by atoms with van der Waals surface area (Å²) in [6.07, 6.45) is -1.27. The van der Waals surface area contributed by atoms with Gasteiger partial charge in [-0.2, -0.15) is 13.2 Å². The van der Waals surface area contributed by atoms with E-state index >= 15 is 0 Å². The van der Waals surface area contributed by atoms with Crippen LogP contribution < -0.4 is 5.32 Å². The number of nitrogens with zero attached hydrogens (tertiary/aromatic N) is 1. The SMILES string of the molecule is O=C(Cc1ccc(C(F)(F)F)cc1)CC1(CCN2CC[C@H](F)C2)CCNCC1. The highest BCUT2D eigenvalue weighted by Gasteiger charge is 2.35. The van der Waals surface area contributed by atoms with Crippen molar-refractivity contribution in [2.45, 2.75) is 50.9 Å². The molecule has 0 saturated carbocycles. The Balaban J connectivity index is 1.58. The number of piperidine rings is 1. The molecule has 1 atom stereocenters. The maximum absolute atomic E-state index is 13.4. The second kappa shape index (κ2) is 8.91. The van der Waals surface area contributed by atoms with Gasteiger partial charge in [0.15, 0.2) is 0 Å². The lowest BCUT2D eigenvalue weighted by molar-refractivity contribution is -0.137. The molecule has 0 aliphatic carbocycles. The fraction of sp³-hybridized carbons (Fsp3) is 0.667. The average Bonchev–Trinajstić information content (AvgIpc) is 3.06. The van der Waals surface area contributed by atoms with Crippen LogP contribution in [0.25, 0.3) is 0 Å². The molecule has 0 bridgehead atoms. The Kier molecular flexibility index (Phi) is 6.76. The fourth-order valence-corrected chi connectivity index (χ4v) is 4.38. The molecule has 156 valence electrons. The van der Waals surface area contributed by atoms with Gasteiger partial charge in [-0.3, -0.25) is 4.79 Å². The number of carbonyl (C=O) groups excluding carboxylic acids is 1. The second-order valence-corrected chi connectivity index (χ2v) is 8.27. The van der Waals surface area contributed by atoms with E-state index in [-0.39, 0.29) is 17.6 Å². The number of rotatable bonds is 7. The smallest absolute Gasteiger partial charge is 0.317 e. The third kappa shape index (κ3) is 5.77. The van der Waals surface area contributed by atoms with E-state index in [2.05, 4.69) is 10.2 Å². The number of alkyl halides is 4. The molecule has 0 aromatic heterocycles. The van der Waals surface area contributed by atoms with Crippen LogP contribution in [0.4, 0.5) is 17.6 Å². The second-order valence-electron chi connectivity index (χ2n) is 8.27. The lowest BCUT2D eigenvalue weighted by Crippen LogP contribution is -2.40. The zero-order chi connectivity index (χ0) is 20.2. The molecule has 7 heteroatoms. The highest BCUT2D eigenvalue weighted by Crippen LogP contribution is 2.38. The number of hydrogen-bond acceptors (Lipinski definition) is 3. The van der Waals surface area contributed by atoms with Crippen LogP contribution in [0.15, 0.2) is 24.3 Å². The Hall–Kier alpha value is -1.47. The van der Waals surface area contributed by atoms with Crippen LogP contribution in [0.1, 0.15) is 43.2 Å². The maximum atomic E-state index is 13.4. The van der Waals surface area contributed by atoms with Crippen molar-refractivity contribution in [3.8, 4) is 0 Å². The molecule has 0 unspecified atom stereocenters. The Morgan fingerprint density at radius 2 is 1.86 bits per heavy atom. The number of benzene rings is 1. The number of halogens is 4. The van der Waals surface area contributed by atoms with Gasteiger partial charge in [0.25, 0.3) is 0 Å². The van der Waals surface area contributed by atoms with Crippen LogP contribution in [0.2, 0.25) is 0 Å². The predicted octanol–water partition coefficient (Wildman–Crippen LogP) is 4.01. The zero-order valence-corrected chi connectivity index (χ0v) is 16.0. The average molecular weight is 400 g/mol. The summed E-state index contributed by atoms with van der Waals surface area (Å²) < 4.78 is 51.4. The summed E-state index contributed by atoms with van der Waals surface area (Å²) in [6.45, 7) is 3.77. The van der Waals surface area contributed by atoms with Crippen molar-refractivity contribution in [3.05, 3.63) is 35.4 Å². The number of Topliss-reactive ketones (excluding diaryl/α,β-unsaturated/α-hetero) is 1. The number of carbonyl (C=O) groups is 1. The Morgan fingerprint density at radius 1 is 1.18 bits per heavy atom. The quantitative estimate of drug-likeness (QED) is 0.702. The highest BCUT2D eigenvalue weighted by atomic mass is 19.4. The van der Waals surface area contributed by atoms with E-state index in [1.165, 1.54) is 12.1 Å². The molecular weight excluding hydrogens is 372 g/mol. The van der Waals surface area contributed by atoms with E-state index in [0.29, 0.717) is 24.9 Å². The van der Waals surface area contributed by atoms with E-state index in [1.54, 1.807) is 0 Å². The Bertz CT molecular complexity index is 653. The molecule has 2 aliphatic rings. The molecular formula is C21H28F4N2O. The summed E-state index contributed by atoms with van der Waals surface area (Å²) in [5.41, 5.74) is -0.181. The van der Waals surface area contributed by atoms with Crippen molar-refractivity contribution in [3.63, 3.8) is 0 Å². The summed E-state index contributed by atoms with van der Waals surface area (Å²) in [7, 11) is 0. The molecule has 28 heavy (non-hydrogen) atoms. The van der Waals surface area contributed by atoms with Gasteiger partial charge in [-0.1, -0.05) is 12.1 Å². The van der Waals surface area contributed by atoms with Crippen LogP contribution in [-0.2, 0) is 17.4 Å². The van der Waals surface area contributed by atoms with Crippen molar-refractivity contribution in [1.82, 2.24) is 10.2 Å². The zero-order valence-electron chi connectivity index (χ0n) is 16.0. The van der Waals surface area contributed by atoms with Crippen molar-refractivity contribution >= 4 is 5.78 Å². The van der Waals surface area contributed by atoms with E-state index in [1.807, 2.05) is 0 Å². The normalized spacial score (nSPS) is 23.1. The van der Waals surface area contributed by atoms with Crippen molar-refractivity contribution in [2.75, 3.05) is 32.7 Å². The topological polar surface area (TPSA) is 32.3 Å². The van der Waals surface area contributed by atoms with Gasteiger partial charge >= 0.3 is 6.18 Å². The summed E-state index contributed by atoms with van der Waals surface area (Å²) in [6, 6.07) is 4.84. The van der Waals surface area contributed by atoms with Gasteiger partial charge < -0.3 is 10.2 Å². The van der Waals surface area contributed by atoms with Gasteiger partial charge in [-0.15, -0.1) is 0 Å². The summed E-state index contributed by atoms with van der Waals surface area (Å²) >= 11 is 0. The molecule has 1 aromatic carbocycles. The maximum Gasteiger partial charge on any atom is 0.416 e. The predicted molar refractivity (Wildman–Crippen MR) is 99.9 cm³/mol. The van der Waals surface area contributed by atoms with E-state index in [9.17, 15) is 22.4 Å². The van der Waals surface area contributed by atoms with Crippen LogP contribution in [0.3, 0.4) is 0 Å². The Morgan fingerprint density at radius 3 is 2.43 bits per heavy atom. The summed E-state index contributed by atoms with van der Waals surface area (Å²) in [5.74, 6) is 0.0615. The van der Waals surface area contributed by atoms with E-state index in [0.717, 1.165) is 57.6 Å². The minimum atomic E-state index is -4.37. The highest BCUT2D eigenvalue weighted by molar-refractivity contribution is 5.81. The molecule has 1 aromatic rings. The van der Waals surface area contributed by atoms with Crippen molar-refractivity contribution < 1.29 is 22.4 Å². The monoisotopic (exact) mass is 400 g/mol. The minimum absolute atomic E-state index is 0.0615. The Labute approximate surface area is 163 Å². The third-order valence-corrected chi connectivity index (χ3v) is 6.09. The molecule has 2 aliphatic heterocycles. The molecule has 3 rings (SSSR count). The van der Waals surface area contributed by atoms with Crippen molar-refractivity contribution in [2.24, 2.45) is 5.41 Å². The molecule has 2 saturated heterocycles. The summed E-state index contributed by atoms with van der Waals surface area (Å²) in [4.78, 5) is 14.8. The number of nitrogens with one attached hydrogen (secondary N) is 1. The van der Waals surface area contributed by atoms with Crippen LogP contribution in [0.5, 0.6) is 0 Å². The largest absolute Gasteiger partial charge is 0.416 e. The van der Waals surface area contributed by atoms with Crippen LogP contribution >= 0.6 is 0 Å². The molecule has 2 heterocycles. The summed E-state index contributed by atoms with van der Waals surface area (Å²) in [5, 5.41) is 3.33. The van der Waals surface area contributed by atoms with Gasteiger partial charge in [-0.05, 0) is 68.4 Å². The molecule has 0 amide bonds. The van der Waals surface area contributed by atoms with Gasteiger partial charge in [0, 0.05) is 25.9 Å². The number of hydrogen-bond donors (Lipinski definition) is 1. The molecule has 0 radical (unpaired) electrons. The first kappa shape index (κ1) is 21.2. The number of ketones is 1. The first-order valence-electron chi connectivity index (χ1n) is 10.0. The molecule has 0 spiro atoms. The van der Waals surface area contributed by atoms with Crippen LogP contribution in [-0.4, -0.2) is 49.6 Å². The molecule has 1 N–H and O–H groups in total. The first-order valence-corrected chi connectivity index (χ1v) is 10.0. The van der Waals surface area contributed by atoms with E-state index in [4.69, 9.17) is 0 Å². The fourth-order valence-electron chi connectivity index (χ4n) is 4.38. The van der Waals surface area contributed by atoms with E-state index < -0.39 is 17.9 Å². The molecule has 2 fully saturated rings. The number of likely N-dealkylation sites (tertiary alicyclic amines) is 1. The minimum Gasteiger partial charge on any atom is -0.317 e. The lowest BCUT2D eigenvalue weighted by atomic mass is 9.72. The van der Waals surface area contributed by atoms with Crippen molar-refractivity contribution in [1.29, 1.82) is 0 Å². The first-order chi connectivity index (χ1) is 13.3. The lowest BCUT2D eigenvalue weighted by Gasteiger charge is -2.38.